The lowest BCUT2D eigenvalue weighted by molar-refractivity contribution is -0.385. The lowest BCUT2D eigenvalue weighted by Crippen LogP contribution is -2.20. The van der Waals surface area contributed by atoms with Crippen molar-refractivity contribution in [1.82, 2.24) is 15.6 Å². The molecule has 27 heavy (non-hydrogen) atoms. The summed E-state index contributed by atoms with van der Waals surface area (Å²) >= 11 is 0. The fraction of sp³-hybridized carbons (Fsp3) is 0.105. The van der Waals surface area contributed by atoms with Gasteiger partial charge in [0, 0.05) is 17.2 Å². The molecule has 0 aliphatic heterocycles. The molecule has 1 aliphatic carbocycles. The quantitative estimate of drug-likeness (QED) is 0.422. The molecule has 0 saturated carbocycles. The number of nitrogens with zero attached hydrogens (tertiary/aromatic N) is 3. The maximum atomic E-state index is 12.5. The molecule has 0 fully saturated rings. The monoisotopic (exact) mass is 361 g/mol. The number of nitro benzene ring substituents is 1. The van der Waals surface area contributed by atoms with Gasteiger partial charge in [0.15, 0.2) is 0 Å². The highest BCUT2D eigenvalue weighted by atomic mass is 16.6. The molecule has 0 radical (unpaired) electrons. The summed E-state index contributed by atoms with van der Waals surface area (Å²) in [4.78, 5) is 23.0. The van der Waals surface area contributed by atoms with Crippen LogP contribution in [0.15, 0.2) is 53.6 Å². The van der Waals surface area contributed by atoms with Gasteiger partial charge in [-0.25, -0.2) is 5.43 Å². The number of aromatic amines is 1. The first-order valence-electron chi connectivity index (χ1n) is 8.37. The number of hydrogen-bond acceptors (Lipinski definition) is 5. The van der Waals surface area contributed by atoms with Gasteiger partial charge in [0.25, 0.3) is 11.6 Å². The molecule has 0 saturated heterocycles. The van der Waals surface area contributed by atoms with E-state index in [9.17, 15) is 14.9 Å². The number of amides is 1. The van der Waals surface area contributed by atoms with E-state index in [1.54, 1.807) is 18.2 Å². The minimum Gasteiger partial charge on any atom is -0.272 e. The van der Waals surface area contributed by atoms with Gasteiger partial charge in [0.2, 0.25) is 0 Å². The van der Waals surface area contributed by atoms with Crippen LogP contribution in [0.25, 0.3) is 11.3 Å². The molecule has 0 unspecified atom stereocenters. The van der Waals surface area contributed by atoms with Crippen molar-refractivity contribution in [2.75, 3.05) is 0 Å². The fourth-order valence-corrected chi connectivity index (χ4v) is 3.23. The van der Waals surface area contributed by atoms with Gasteiger partial charge >= 0.3 is 0 Å². The molecule has 0 spiro atoms. The standard InChI is InChI=1S/C19H15N5O3/c25-19(23-20-11-13-6-2-4-8-16(13)24(26)27)18-15-10-9-12-5-1-3-7-14(12)17(15)21-22-18/h1-8,11H,9-10H2,(H,21,22)(H,23,25)/b20-11-. The number of hydrogen-bond donors (Lipinski definition) is 2. The molecular formula is C19H15N5O3. The van der Waals surface area contributed by atoms with Crippen LogP contribution >= 0.6 is 0 Å². The number of carbonyl (C=O) groups excluding carboxylic acids is 1. The van der Waals surface area contributed by atoms with E-state index in [4.69, 9.17) is 0 Å². The van der Waals surface area contributed by atoms with Crippen molar-refractivity contribution < 1.29 is 9.72 Å². The first kappa shape index (κ1) is 16.6. The smallest absolute Gasteiger partial charge is 0.272 e. The van der Waals surface area contributed by atoms with E-state index in [0.29, 0.717) is 17.7 Å². The van der Waals surface area contributed by atoms with E-state index in [1.807, 2.05) is 18.2 Å². The zero-order valence-corrected chi connectivity index (χ0v) is 14.2. The molecule has 1 amide bonds. The van der Waals surface area contributed by atoms with Crippen molar-refractivity contribution in [1.29, 1.82) is 0 Å². The minimum absolute atomic E-state index is 0.0778. The van der Waals surface area contributed by atoms with Crippen LogP contribution in [-0.2, 0) is 12.8 Å². The molecule has 1 aromatic heterocycles. The van der Waals surface area contributed by atoms with Crippen LogP contribution < -0.4 is 5.43 Å². The Hall–Kier alpha value is -3.81. The fourth-order valence-electron chi connectivity index (χ4n) is 3.23. The van der Waals surface area contributed by atoms with E-state index >= 15 is 0 Å². The van der Waals surface area contributed by atoms with E-state index in [2.05, 4.69) is 26.8 Å². The van der Waals surface area contributed by atoms with Gasteiger partial charge in [-0.15, -0.1) is 0 Å². The lowest BCUT2D eigenvalue weighted by atomic mass is 9.89. The molecule has 4 rings (SSSR count). The predicted octanol–water partition coefficient (Wildman–Crippen LogP) is 2.85. The molecule has 1 aliphatic rings. The largest absolute Gasteiger partial charge is 0.289 e. The van der Waals surface area contributed by atoms with E-state index in [1.165, 1.54) is 17.8 Å². The zero-order chi connectivity index (χ0) is 18.8. The van der Waals surface area contributed by atoms with Crippen LogP contribution in [0.4, 0.5) is 5.69 Å². The number of carbonyl (C=O) groups is 1. The number of benzene rings is 2. The molecule has 0 bridgehead atoms. The Labute approximate surface area is 154 Å². The average Bonchev–Trinajstić information content (AvgIpc) is 3.13. The molecule has 134 valence electrons. The number of H-pyrrole nitrogens is 1. The summed E-state index contributed by atoms with van der Waals surface area (Å²) in [5.41, 5.74) is 6.87. The van der Waals surface area contributed by atoms with E-state index in [0.717, 1.165) is 23.2 Å². The van der Waals surface area contributed by atoms with Crippen LogP contribution in [-0.4, -0.2) is 27.2 Å². The second kappa shape index (κ2) is 6.83. The van der Waals surface area contributed by atoms with Crippen molar-refractivity contribution in [2.45, 2.75) is 12.8 Å². The van der Waals surface area contributed by atoms with Gasteiger partial charge in [-0.3, -0.25) is 20.0 Å². The summed E-state index contributed by atoms with van der Waals surface area (Å²) in [5.74, 6) is -0.432. The van der Waals surface area contributed by atoms with Crippen LogP contribution in [0.1, 0.15) is 27.2 Å². The number of rotatable bonds is 4. The number of nitro groups is 1. The van der Waals surface area contributed by atoms with Crippen LogP contribution in [0, 0.1) is 10.1 Å². The summed E-state index contributed by atoms with van der Waals surface area (Å²) in [7, 11) is 0. The minimum atomic E-state index is -0.494. The van der Waals surface area contributed by atoms with Gasteiger partial charge in [-0.1, -0.05) is 36.4 Å². The van der Waals surface area contributed by atoms with Gasteiger partial charge in [0.05, 0.1) is 22.4 Å². The van der Waals surface area contributed by atoms with Crippen LogP contribution in [0.5, 0.6) is 0 Å². The lowest BCUT2D eigenvalue weighted by Gasteiger charge is -2.15. The summed E-state index contributed by atoms with van der Waals surface area (Å²) < 4.78 is 0. The predicted molar refractivity (Wildman–Crippen MR) is 99.6 cm³/mol. The topological polar surface area (TPSA) is 113 Å². The highest BCUT2D eigenvalue weighted by Crippen LogP contribution is 2.33. The SMILES string of the molecule is O=C(N/N=C\c1ccccc1[N+](=O)[O-])c1[nH]nc2c1CCc1ccccc1-2. The first-order chi connectivity index (χ1) is 13.1. The number of nitrogens with one attached hydrogen (secondary N) is 2. The Morgan fingerprint density at radius 2 is 1.96 bits per heavy atom. The second-order valence-corrected chi connectivity index (χ2v) is 6.10. The van der Waals surface area contributed by atoms with Gasteiger partial charge in [-0.2, -0.15) is 10.2 Å². The normalized spacial score (nSPS) is 12.4. The molecule has 3 aromatic rings. The van der Waals surface area contributed by atoms with Gasteiger partial charge in [0.1, 0.15) is 5.69 Å². The summed E-state index contributed by atoms with van der Waals surface area (Å²) in [6.07, 6.45) is 2.80. The number of para-hydroxylation sites is 1. The second-order valence-electron chi connectivity index (χ2n) is 6.10. The average molecular weight is 361 g/mol. The molecule has 8 heteroatoms. The van der Waals surface area contributed by atoms with Crippen molar-refractivity contribution in [3.63, 3.8) is 0 Å². The summed E-state index contributed by atoms with van der Waals surface area (Å²) in [6.45, 7) is 0. The molecule has 2 aromatic carbocycles. The van der Waals surface area contributed by atoms with E-state index in [-0.39, 0.29) is 5.69 Å². The summed E-state index contributed by atoms with van der Waals surface area (Å²) in [5, 5.41) is 22.0. The highest BCUT2D eigenvalue weighted by molar-refractivity contribution is 5.96. The van der Waals surface area contributed by atoms with Crippen molar-refractivity contribution in [3.8, 4) is 11.3 Å². The molecule has 2 N–H and O–H groups in total. The van der Waals surface area contributed by atoms with Gasteiger partial charge in [-0.05, 0) is 24.5 Å². The Morgan fingerprint density at radius 1 is 1.19 bits per heavy atom. The molecule has 1 heterocycles. The number of aromatic nitrogens is 2. The third-order valence-electron chi connectivity index (χ3n) is 4.51. The third-order valence-corrected chi connectivity index (χ3v) is 4.51. The molecule has 8 nitrogen and oxygen atoms in total. The Bertz CT molecular complexity index is 1070. The Morgan fingerprint density at radius 3 is 2.81 bits per heavy atom. The van der Waals surface area contributed by atoms with Crippen molar-refractivity contribution in [3.05, 3.63) is 81.0 Å². The Balaban J connectivity index is 1.55. The zero-order valence-electron chi connectivity index (χ0n) is 14.2. The first-order valence-corrected chi connectivity index (χ1v) is 8.37. The molecule has 0 atom stereocenters. The maximum absolute atomic E-state index is 12.5. The van der Waals surface area contributed by atoms with Crippen molar-refractivity contribution in [2.24, 2.45) is 5.10 Å². The number of hydrazone groups is 1. The van der Waals surface area contributed by atoms with Crippen LogP contribution in [0.2, 0.25) is 0 Å². The number of aryl methyl sites for hydroxylation is 1. The summed E-state index contributed by atoms with van der Waals surface area (Å²) in [6, 6.07) is 14.2. The maximum Gasteiger partial charge on any atom is 0.289 e. The third kappa shape index (κ3) is 3.08. The number of fused-ring (bicyclic) bond motifs is 3. The van der Waals surface area contributed by atoms with Crippen LogP contribution in [0.3, 0.4) is 0 Å². The Kier molecular flexibility index (Phi) is 4.21. The van der Waals surface area contributed by atoms with Crippen molar-refractivity contribution >= 4 is 17.8 Å². The van der Waals surface area contributed by atoms with E-state index < -0.39 is 10.8 Å². The van der Waals surface area contributed by atoms with Gasteiger partial charge < -0.3 is 0 Å². The highest BCUT2D eigenvalue weighted by Gasteiger charge is 2.24. The molecular weight excluding hydrogens is 346 g/mol.